The van der Waals surface area contributed by atoms with Crippen LogP contribution in [0.25, 0.3) is 0 Å². The number of ether oxygens (including phenoxy) is 4. The lowest BCUT2D eigenvalue weighted by Gasteiger charge is -2.14. The molecule has 8 nitrogen and oxygen atoms in total. The standard InChI is InChI=1S/C20H23F2NO7S/c1-12(2)23-31(25,26)18-10-14(6-8-16(18)27-3)19(24)29-11-13-5-7-15(30-20(21)22)17(9-13)28-4/h5-10,12,20,23H,11H2,1-4H3. The van der Waals surface area contributed by atoms with Gasteiger partial charge in [0, 0.05) is 6.04 Å². The van der Waals surface area contributed by atoms with Gasteiger partial charge < -0.3 is 18.9 Å². The molecule has 2 rings (SSSR count). The zero-order valence-electron chi connectivity index (χ0n) is 17.3. The Morgan fingerprint density at radius 3 is 2.23 bits per heavy atom. The third kappa shape index (κ3) is 6.53. The van der Waals surface area contributed by atoms with E-state index in [0.717, 1.165) is 6.07 Å². The van der Waals surface area contributed by atoms with Crippen LogP contribution in [0.3, 0.4) is 0 Å². The molecule has 0 atom stereocenters. The summed E-state index contributed by atoms with van der Waals surface area (Å²) in [5.41, 5.74) is 0.448. The van der Waals surface area contributed by atoms with Crippen molar-refractivity contribution in [2.24, 2.45) is 0 Å². The van der Waals surface area contributed by atoms with Crippen molar-refractivity contribution in [3.8, 4) is 17.2 Å². The van der Waals surface area contributed by atoms with Crippen molar-refractivity contribution in [1.82, 2.24) is 4.72 Å². The van der Waals surface area contributed by atoms with Gasteiger partial charge in [0.05, 0.1) is 19.8 Å². The molecule has 0 aromatic heterocycles. The molecule has 0 unspecified atom stereocenters. The van der Waals surface area contributed by atoms with Gasteiger partial charge in [0.1, 0.15) is 17.3 Å². The molecule has 11 heteroatoms. The SMILES string of the molecule is COc1cc(COC(=O)c2ccc(OC)c(S(=O)(=O)NC(C)C)c2)ccc1OC(F)F. The number of carbonyl (C=O) groups excluding carboxylic acids is 1. The molecule has 2 aromatic carbocycles. The molecule has 170 valence electrons. The average molecular weight is 459 g/mol. The molecule has 0 radical (unpaired) electrons. The van der Waals surface area contributed by atoms with Gasteiger partial charge in [-0.25, -0.2) is 17.9 Å². The van der Waals surface area contributed by atoms with E-state index in [2.05, 4.69) is 9.46 Å². The smallest absolute Gasteiger partial charge is 0.387 e. The molecule has 0 saturated heterocycles. The van der Waals surface area contributed by atoms with Crippen molar-refractivity contribution in [1.29, 1.82) is 0 Å². The number of carbonyl (C=O) groups is 1. The Bertz CT molecular complexity index is 1030. The summed E-state index contributed by atoms with van der Waals surface area (Å²) in [6.07, 6.45) is 0. The van der Waals surface area contributed by atoms with Crippen LogP contribution in [0, 0.1) is 0 Å². The number of esters is 1. The largest absolute Gasteiger partial charge is 0.495 e. The molecule has 0 aliphatic heterocycles. The Morgan fingerprint density at radius 2 is 1.65 bits per heavy atom. The molecule has 31 heavy (non-hydrogen) atoms. The highest BCUT2D eigenvalue weighted by atomic mass is 32.2. The molecule has 1 N–H and O–H groups in total. The van der Waals surface area contributed by atoms with Crippen molar-refractivity contribution in [2.75, 3.05) is 14.2 Å². The van der Waals surface area contributed by atoms with Gasteiger partial charge in [0.2, 0.25) is 10.0 Å². The summed E-state index contributed by atoms with van der Waals surface area (Å²) in [6.45, 7) is 0.105. The van der Waals surface area contributed by atoms with E-state index in [1.807, 2.05) is 0 Å². The molecular weight excluding hydrogens is 436 g/mol. The number of alkyl halides is 2. The van der Waals surface area contributed by atoms with E-state index in [9.17, 15) is 22.0 Å². The van der Waals surface area contributed by atoms with Crippen LogP contribution >= 0.6 is 0 Å². The normalized spacial score (nSPS) is 11.5. The molecule has 0 heterocycles. The Hall–Kier alpha value is -2.92. The van der Waals surface area contributed by atoms with Crippen molar-refractivity contribution in [3.05, 3.63) is 47.5 Å². The maximum Gasteiger partial charge on any atom is 0.387 e. The Morgan fingerprint density at radius 1 is 1.00 bits per heavy atom. The lowest BCUT2D eigenvalue weighted by molar-refractivity contribution is -0.0512. The van der Waals surface area contributed by atoms with Gasteiger partial charge in [-0.3, -0.25) is 0 Å². The van der Waals surface area contributed by atoms with Crippen LogP contribution in [0.1, 0.15) is 29.8 Å². The van der Waals surface area contributed by atoms with Crippen molar-refractivity contribution in [3.63, 3.8) is 0 Å². The summed E-state index contributed by atoms with van der Waals surface area (Å²) < 4.78 is 72.0. The van der Waals surface area contributed by atoms with Crippen molar-refractivity contribution >= 4 is 16.0 Å². The van der Waals surface area contributed by atoms with E-state index < -0.39 is 22.6 Å². The topological polar surface area (TPSA) is 100 Å². The molecule has 0 bridgehead atoms. The number of sulfonamides is 1. The lowest BCUT2D eigenvalue weighted by Crippen LogP contribution is -2.30. The second kappa shape index (κ2) is 10.4. The number of nitrogens with one attached hydrogen (secondary N) is 1. The van der Waals surface area contributed by atoms with Crippen LogP contribution in [0.15, 0.2) is 41.3 Å². The Kier molecular flexibility index (Phi) is 8.17. The minimum atomic E-state index is -3.92. The fraction of sp³-hybridized carbons (Fsp3) is 0.350. The van der Waals surface area contributed by atoms with Crippen LogP contribution in [-0.4, -0.2) is 41.3 Å². The second-order valence-corrected chi connectivity index (χ2v) is 8.26. The van der Waals surface area contributed by atoms with Crippen LogP contribution < -0.4 is 18.9 Å². The number of hydrogen-bond donors (Lipinski definition) is 1. The first kappa shape index (κ1) is 24.4. The van der Waals surface area contributed by atoms with E-state index in [1.165, 1.54) is 44.6 Å². The molecule has 0 amide bonds. The Labute approximate surface area is 179 Å². The molecule has 0 aliphatic carbocycles. The first-order valence-corrected chi connectivity index (χ1v) is 10.5. The van der Waals surface area contributed by atoms with E-state index in [0.29, 0.717) is 5.56 Å². The highest BCUT2D eigenvalue weighted by Gasteiger charge is 2.23. The summed E-state index contributed by atoms with van der Waals surface area (Å²) >= 11 is 0. The van der Waals surface area contributed by atoms with Crippen molar-refractivity contribution < 1.29 is 40.9 Å². The first-order valence-electron chi connectivity index (χ1n) is 9.06. The number of methoxy groups -OCH3 is 2. The summed E-state index contributed by atoms with van der Waals surface area (Å²) in [7, 11) is -1.32. The number of halogens is 2. The monoisotopic (exact) mass is 459 g/mol. The van der Waals surface area contributed by atoms with E-state index in [1.54, 1.807) is 13.8 Å². The molecular formula is C20H23F2NO7S. The molecule has 2 aromatic rings. The average Bonchev–Trinajstić information content (AvgIpc) is 2.70. The van der Waals surface area contributed by atoms with E-state index >= 15 is 0 Å². The number of rotatable bonds is 10. The van der Waals surface area contributed by atoms with Gasteiger partial charge in [-0.05, 0) is 49.7 Å². The summed E-state index contributed by atoms with van der Waals surface area (Å²) in [6, 6.07) is 7.61. The third-order valence-corrected chi connectivity index (χ3v) is 5.57. The minimum Gasteiger partial charge on any atom is -0.495 e. The third-order valence-electron chi connectivity index (χ3n) is 3.89. The second-order valence-electron chi connectivity index (χ2n) is 6.58. The minimum absolute atomic E-state index is 0.00505. The van der Waals surface area contributed by atoms with Crippen LogP contribution in [0.5, 0.6) is 17.2 Å². The van der Waals surface area contributed by atoms with Crippen LogP contribution in [0.4, 0.5) is 8.78 Å². The zero-order chi connectivity index (χ0) is 23.2. The molecule has 0 saturated carbocycles. The van der Waals surface area contributed by atoms with Gasteiger partial charge >= 0.3 is 12.6 Å². The van der Waals surface area contributed by atoms with Gasteiger partial charge in [0.25, 0.3) is 0 Å². The van der Waals surface area contributed by atoms with Gasteiger partial charge in [-0.1, -0.05) is 6.07 Å². The van der Waals surface area contributed by atoms with Gasteiger partial charge in [-0.2, -0.15) is 8.78 Å². The molecule has 0 fully saturated rings. The number of benzene rings is 2. The summed E-state index contributed by atoms with van der Waals surface area (Å²) in [4.78, 5) is 12.3. The molecule has 0 spiro atoms. The first-order chi connectivity index (χ1) is 14.6. The quantitative estimate of drug-likeness (QED) is 0.544. The fourth-order valence-electron chi connectivity index (χ4n) is 2.61. The number of hydrogen-bond acceptors (Lipinski definition) is 7. The lowest BCUT2D eigenvalue weighted by atomic mass is 10.2. The Balaban J connectivity index is 2.20. The van der Waals surface area contributed by atoms with E-state index in [-0.39, 0.29) is 40.4 Å². The maximum absolute atomic E-state index is 12.5. The van der Waals surface area contributed by atoms with Crippen molar-refractivity contribution in [2.45, 2.75) is 38.0 Å². The van der Waals surface area contributed by atoms with Gasteiger partial charge in [-0.15, -0.1) is 0 Å². The molecule has 0 aliphatic rings. The van der Waals surface area contributed by atoms with Gasteiger partial charge in [0.15, 0.2) is 11.5 Å². The summed E-state index contributed by atoms with van der Waals surface area (Å²) in [5, 5.41) is 0. The van der Waals surface area contributed by atoms with Crippen LogP contribution in [-0.2, 0) is 21.4 Å². The van der Waals surface area contributed by atoms with E-state index in [4.69, 9.17) is 14.2 Å². The van der Waals surface area contributed by atoms with Crippen LogP contribution in [0.2, 0.25) is 0 Å². The highest BCUT2D eigenvalue weighted by molar-refractivity contribution is 7.89. The highest BCUT2D eigenvalue weighted by Crippen LogP contribution is 2.30. The fourth-order valence-corrected chi connectivity index (χ4v) is 4.06. The summed E-state index contributed by atoms with van der Waals surface area (Å²) in [5.74, 6) is -0.818. The maximum atomic E-state index is 12.5. The predicted octanol–water partition coefficient (Wildman–Crippen LogP) is 3.35. The predicted molar refractivity (Wildman–Crippen MR) is 107 cm³/mol. The zero-order valence-corrected chi connectivity index (χ0v) is 18.2.